The molecule has 1 aliphatic rings. The molecule has 1 aromatic carbocycles. The monoisotopic (exact) mass is 258 g/mol. The molecule has 1 saturated heterocycles. The van der Waals surface area contributed by atoms with Crippen molar-refractivity contribution >= 4 is 0 Å². The molecule has 1 aliphatic heterocycles. The second-order valence-electron chi connectivity index (χ2n) is 5.25. The van der Waals surface area contributed by atoms with Crippen molar-refractivity contribution in [3.63, 3.8) is 0 Å². The molecule has 2 atom stereocenters. The second kappa shape index (κ2) is 6.67. The van der Waals surface area contributed by atoms with Gasteiger partial charge in [-0.1, -0.05) is 30.3 Å². The second-order valence-corrected chi connectivity index (χ2v) is 5.25. The van der Waals surface area contributed by atoms with Gasteiger partial charge < -0.3 is 10.6 Å². The lowest BCUT2D eigenvalue weighted by Crippen LogP contribution is -2.47. The fraction of sp³-hybridized carbons (Fsp3) is 0.533. The Balaban J connectivity index is 2.05. The first-order valence-corrected chi connectivity index (χ1v) is 6.83. The lowest BCUT2D eigenvalue weighted by Gasteiger charge is -2.40. The number of piperazine rings is 1. The van der Waals surface area contributed by atoms with Crippen molar-refractivity contribution in [2.45, 2.75) is 18.5 Å². The summed E-state index contributed by atoms with van der Waals surface area (Å²) in [4.78, 5) is 4.81. The maximum atomic E-state index is 8.79. The summed E-state index contributed by atoms with van der Waals surface area (Å²) >= 11 is 0. The van der Waals surface area contributed by atoms with Gasteiger partial charge in [-0.3, -0.25) is 4.90 Å². The predicted octanol–water partition coefficient (Wildman–Crippen LogP) is 1.22. The summed E-state index contributed by atoms with van der Waals surface area (Å²) in [6.07, 6.45) is 0.740. The summed E-state index contributed by atoms with van der Waals surface area (Å²) in [5, 5.41) is 8.79. The number of nitrogens with two attached hydrogens (primary N) is 1. The Morgan fingerprint density at radius 2 is 2.11 bits per heavy atom. The Labute approximate surface area is 115 Å². The fourth-order valence-corrected chi connectivity index (χ4v) is 2.59. The van der Waals surface area contributed by atoms with E-state index in [-0.39, 0.29) is 6.04 Å². The molecule has 0 bridgehead atoms. The van der Waals surface area contributed by atoms with Gasteiger partial charge in [-0.2, -0.15) is 5.26 Å². The number of likely N-dealkylation sites (N-methyl/N-ethyl adjacent to an activating group) is 1. The van der Waals surface area contributed by atoms with Crippen LogP contribution in [0.4, 0.5) is 0 Å². The van der Waals surface area contributed by atoms with E-state index in [0.29, 0.717) is 6.04 Å². The Hall–Kier alpha value is -1.41. The van der Waals surface area contributed by atoms with Gasteiger partial charge in [0.15, 0.2) is 0 Å². The molecule has 4 heteroatoms. The third kappa shape index (κ3) is 3.77. The summed E-state index contributed by atoms with van der Waals surface area (Å²) in [7, 11) is 2.16. The molecule has 0 saturated carbocycles. The topological polar surface area (TPSA) is 56.3 Å². The van der Waals surface area contributed by atoms with Crippen molar-refractivity contribution in [1.82, 2.24) is 9.80 Å². The number of hydrogen-bond acceptors (Lipinski definition) is 4. The number of nitriles is 1. The Kier molecular flexibility index (Phi) is 4.92. The smallest absolute Gasteiger partial charge is 0.0940 e. The molecular formula is C15H22N4. The summed E-state index contributed by atoms with van der Waals surface area (Å²) in [5.41, 5.74) is 7.05. The molecule has 2 N–H and O–H groups in total. The first-order valence-electron chi connectivity index (χ1n) is 6.83. The van der Waals surface area contributed by atoms with Crippen LogP contribution in [0.15, 0.2) is 30.3 Å². The van der Waals surface area contributed by atoms with E-state index in [0.717, 1.165) is 32.6 Å². The molecule has 2 unspecified atom stereocenters. The quantitative estimate of drug-likeness (QED) is 0.882. The van der Waals surface area contributed by atoms with E-state index < -0.39 is 0 Å². The van der Waals surface area contributed by atoms with Crippen LogP contribution in [0.2, 0.25) is 0 Å². The highest BCUT2D eigenvalue weighted by atomic mass is 15.3. The van der Waals surface area contributed by atoms with E-state index in [1.165, 1.54) is 5.56 Å². The number of rotatable bonds is 4. The van der Waals surface area contributed by atoms with Crippen LogP contribution in [0.5, 0.6) is 0 Å². The summed E-state index contributed by atoms with van der Waals surface area (Å²) in [6, 6.07) is 12.7. The molecule has 1 heterocycles. The van der Waals surface area contributed by atoms with E-state index in [1.54, 1.807) is 0 Å². The van der Waals surface area contributed by atoms with Crippen molar-refractivity contribution in [1.29, 1.82) is 5.26 Å². The molecule has 1 fully saturated rings. The highest BCUT2D eigenvalue weighted by molar-refractivity contribution is 5.20. The minimum atomic E-state index is -0.351. The van der Waals surface area contributed by atoms with Gasteiger partial charge in [-0.05, 0) is 19.0 Å². The molecular weight excluding hydrogens is 236 g/mol. The van der Waals surface area contributed by atoms with Crippen molar-refractivity contribution < 1.29 is 0 Å². The van der Waals surface area contributed by atoms with Gasteiger partial charge in [-0.25, -0.2) is 0 Å². The first kappa shape index (κ1) is 14.0. The van der Waals surface area contributed by atoms with Gasteiger partial charge in [0, 0.05) is 32.2 Å². The van der Waals surface area contributed by atoms with Crippen LogP contribution in [0.25, 0.3) is 0 Å². The fourth-order valence-electron chi connectivity index (χ4n) is 2.59. The van der Waals surface area contributed by atoms with E-state index >= 15 is 0 Å². The van der Waals surface area contributed by atoms with Crippen LogP contribution in [-0.4, -0.2) is 49.1 Å². The minimum Gasteiger partial charge on any atom is -0.316 e. The SMILES string of the molecule is CN1CCN(CCC(N)C#N)C(c2ccccc2)C1. The van der Waals surface area contributed by atoms with Crippen LogP contribution in [0.1, 0.15) is 18.0 Å². The summed E-state index contributed by atoms with van der Waals surface area (Å²) in [5.74, 6) is 0. The van der Waals surface area contributed by atoms with Crippen LogP contribution >= 0.6 is 0 Å². The van der Waals surface area contributed by atoms with Crippen molar-refractivity contribution in [2.75, 3.05) is 33.2 Å². The first-order chi connectivity index (χ1) is 9.20. The number of benzene rings is 1. The lowest BCUT2D eigenvalue weighted by atomic mass is 10.0. The molecule has 2 rings (SSSR count). The zero-order valence-corrected chi connectivity index (χ0v) is 11.5. The molecule has 1 aromatic rings. The maximum absolute atomic E-state index is 8.79. The normalized spacial score (nSPS) is 22.9. The van der Waals surface area contributed by atoms with E-state index in [2.05, 4.69) is 47.2 Å². The molecule has 0 radical (unpaired) electrons. The van der Waals surface area contributed by atoms with E-state index in [4.69, 9.17) is 11.0 Å². The van der Waals surface area contributed by atoms with Gasteiger partial charge in [0.2, 0.25) is 0 Å². The summed E-state index contributed by atoms with van der Waals surface area (Å²) in [6.45, 7) is 4.03. The van der Waals surface area contributed by atoms with Gasteiger partial charge >= 0.3 is 0 Å². The largest absolute Gasteiger partial charge is 0.316 e. The van der Waals surface area contributed by atoms with Gasteiger partial charge in [0.25, 0.3) is 0 Å². The molecule has 0 aliphatic carbocycles. The van der Waals surface area contributed by atoms with E-state index in [1.807, 2.05) is 6.07 Å². The van der Waals surface area contributed by atoms with Gasteiger partial charge in [0.05, 0.1) is 12.1 Å². The Morgan fingerprint density at radius 1 is 1.37 bits per heavy atom. The molecule has 19 heavy (non-hydrogen) atoms. The average molecular weight is 258 g/mol. The van der Waals surface area contributed by atoms with Crippen molar-refractivity contribution in [3.8, 4) is 6.07 Å². The van der Waals surface area contributed by atoms with Crippen molar-refractivity contribution in [2.24, 2.45) is 5.73 Å². The van der Waals surface area contributed by atoms with Gasteiger partial charge in [0.1, 0.15) is 0 Å². The highest BCUT2D eigenvalue weighted by Crippen LogP contribution is 2.24. The van der Waals surface area contributed by atoms with Crippen molar-refractivity contribution in [3.05, 3.63) is 35.9 Å². The van der Waals surface area contributed by atoms with Crippen LogP contribution < -0.4 is 5.73 Å². The molecule has 0 aromatic heterocycles. The highest BCUT2D eigenvalue weighted by Gasteiger charge is 2.26. The molecule has 0 amide bonds. The van der Waals surface area contributed by atoms with Crippen LogP contribution in [-0.2, 0) is 0 Å². The third-order valence-electron chi connectivity index (χ3n) is 3.77. The average Bonchev–Trinajstić information content (AvgIpc) is 2.46. The predicted molar refractivity (Wildman–Crippen MR) is 76.5 cm³/mol. The Bertz CT molecular complexity index is 426. The third-order valence-corrected chi connectivity index (χ3v) is 3.77. The van der Waals surface area contributed by atoms with Crippen LogP contribution in [0, 0.1) is 11.3 Å². The molecule has 102 valence electrons. The number of nitrogens with zero attached hydrogens (tertiary/aromatic N) is 3. The lowest BCUT2D eigenvalue weighted by molar-refractivity contribution is 0.0882. The summed E-state index contributed by atoms with van der Waals surface area (Å²) < 4.78 is 0. The zero-order valence-electron chi connectivity index (χ0n) is 11.5. The minimum absolute atomic E-state index is 0.351. The Morgan fingerprint density at radius 3 is 2.79 bits per heavy atom. The van der Waals surface area contributed by atoms with Crippen LogP contribution in [0.3, 0.4) is 0 Å². The van der Waals surface area contributed by atoms with Gasteiger partial charge in [-0.15, -0.1) is 0 Å². The zero-order chi connectivity index (χ0) is 13.7. The standard InChI is InChI=1S/C15H22N4/c1-18-9-10-19(8-7-14(17)11-16)15(12-18)13-5-3-2-4-6-13/h2-6,14-15H,7-10,12,17H2,1H3. The maximum Gasteiger partial charge on any atom is 0.0940 e. The number of hydrogen-bond donors (Lipinski definition) is 1. The molecule has 0 spiro atoms. The van der Waals surface area contributed by atoms with E-state index in [9.17, 15) is 0 Å². The molecule has 4 nitrogen and oxygen atoms in total.